The topological polar surface area (TPSA) is 61.0 Å². The standard InChI is InChI=1S/C21H23FN4O/c1-14-24-18-9-6-16(12-19(18)25-14)21(27)23-13-20(26-10-2-3-11-26)15-4-7-17(22)8-5-15/h4-9,12,20H,2-3,10-11,13H2,1H3,(H,23,27)(H,24,25). The van der Waals surface area contributed by atoms with Crippen LogP contribution in [0.15, 0.2) is 42.5 Å². The molecule has 27 heavy (non-hydrogen) atoms. The fourth-order valence-electron chi connectivity index (χ4n) is 3.77. The Kier molecular flexibility index (Phi) is 4.90. The zero-order valence-corrected chi connectivity index (χ0v) is 15.3. The molecule has 0 aliphatic carbocycles. The molecule has 2 N–H and O–H groups in total. The summed E-state index contributed by atoms with van der Waals surface area (Å²) in [6.07, 6.45) is 2.31. The predicted molar refractivity (Wildman–Crippen MR) is 103 cm³/mol. The molecule has 5 nitrogen and oxygen atoms in total. The van der Waals surface area contributed by atoms with Gasteiger partial charge in [-0.2, -0.15) is 0 Å². The Bertz CT molecular complexity index is 944. The van der Waals surface area contributed by atoms with E-state index in [1.165, 1.54) is 12.1 Å². The van der Waals surface area contributed by atoms with Crippen molar-refractivity contribution in [2.75, 3.05) is 19.6 Å². The van der Waals surface area contributed by atoms with E-state index < -0.39 is 0 Å². The molecule has 6 heteroatoms. The van der Waals surface area contributed by atoms with Gasteiger partial charge in [-0.15, -0.1) is 0 Å². The van der Waals surface area contributed by atoms with E-state index in [2.05, 4.69) is 20.2 Å². The smallest absolute Gasteiger partial charge is 0.251 e. The number of imidazole rings is 1. The van der Waals surface area contributed by atoms with E-state index in [4.69, 9.17) is 0 Å². The number of amides is 1. The number of benzene rings is 2. The number of carbonyl (C=O) groups is 1. The van der Waals surface area contributed by atoms with Crippen molar-refractivity contribution in [1.29, 1.82) is 0 Å². The Balaban J connectivity index is 1.50. The minimum absolute atomic E-state index is 0.0511. The molecule has 1 amide bonds. The van der Waals surface area contributed by atoms with Gasteiger partial charge in [-0.3, -0.25) is 9.69 Å². The lowest BCUT2D eigenvalue weighted by molar-refractivity contribution is 0.0938. The molecule has 1 fully saturated rings. The SMILES string of the molecule is Cc1nc2ccc(C(=O)NCC(c3ccc(F)cc3)N3CCCC3)cc2[nH]1. The maximum absolute atomic E-state index is 13.3. The molecule has 1 saturated heterocycles. The van der Waals surface area contributed by atoms with Crippen molar-refractivity contribution in [3.8, 4) is 0 Å². The number of aromatic amines is 1. The van der Waals surface area contributed by atoms with Gasteiger partial charge in [-0.1, -0.05) is 12.1 Å². The Morgan fingerprint density at radius 1 is 1.22 bits per heavy atom. The molecule has 1 aliphatic rings. The number of H-pyrrole nitrogens is 1. The number of halogens is 1. The molecule has 0 spiro atoms. The number of likely N-dealkylation sites (tertiary alicyclic amines) is 1. The third-order valence-corrected chi connectivity index (χ3v) is 5.15. The summed E-state index contributed by atoms with van der Waals surface area (Å²) >= 11 is 0. The number of carbonyl (C=O) groups excluding carboxylic acids is 1. The predicted octanol–water partition coefficient (Wildman–Crippen LogP) is 3.58. The Labute approximate surface area is 157 Å². The highest BCUT2D eigenvalue weighted by atomic mass is 19.1. The Morgan fingerprint density at radius 2 is 1.96 bits per heavy atom. The first kappa shape index (κ1) is 17.7. The first-order valence-corrected chi connectivity index (χ1v) is 9.34. The molecule has 0 saturated carbocycles. The summed E-state index contributed by atoms with van der Waals surface area (Å²) in [6.45, 7) is 4.38. The fourth-order valence-corrected chi connectivity index (χ4v) is 3.77. The average Bonchev–Trinajstić information content (AvgIpc) is 3.31. The maximum atomic E-state index is 13.3. The maximum Gasteiger partial charge on any atom is 0.251 e. The van der Waals surface area contributed by atoms with Crippen LogP contribution in [0.4, 0.5) is 4.39 Å². The van der Waals surface area contributed by atoms with Gasteiger partial charge >= 0.3 is 0 Å². The van der Waals surface area contributed by atoms with Crippen molar-refractivity contribution in [2.45, 2.75) is 25.8 Å². The summed E-state index contributed by atoms with van der Waals surface area (Å²) in [5, 5.41) is 3.05. The van der Waals surface area contributed by atoms with Gasteiger partial charge < -0.3 is 10.3 Å². The summed E-state index contributed by atoms with van der Waals surface area (Å²) in [5.74, 6) is 0.467. The first-order chi connectivity index (χ1) is 13.1. The normalized spacial score (nSPS) is 15.9. The van der Waals surface area contributed by atoms with Gasteiger partial charge in [-0.05, 0) is 68.8 Å². The van der Waals surface area contributed by atoms with E-state index in [0.717, 1.165) is 48.4 Å². The van der Waals surface area contributed by atoms with Crippen LogP contribution in [0.2, 0.25) is 0 Å². The second-order valence-electron chi connectivity index (χ2n) is 7.07. The molecule has 1 aromatic heterocycles. The first-order valence-electron chi connectivity index (χ1n) is 9.34. The van der Waals surface area contributed by atoms with Crippen LogP contribution in [-0.4, -0.2) is 40.4 Å². The number of rotatable bonds is 5. The van der Waals surface area contributed by atoms with Crippen molar-refractivity contribution in [2.24, 2.45) is 0 Å². The number of fused-ring (bicyclic) bond motifs is 1. The lowest BCUT2D eigenvalue weighted by Gasteiger charge is -2.28. The zero-order valence-electron chi connectivity index (χ0n) is 15.3. The summed E-state index contributed by atoms with van der Waals surface area (Å²) in [5.41, 5.74) is 3.34. The lowest BCUT2D eigenvalue weighted by atomic mass is 10.0. The fraction of sp³-hybridized carbons (Fsp3) is 0.333. The second-order valence-corrected chi connectivity index (χ2v) is 7.07. The Morgan fingerprint density at radius 3 is 2.70 bits per heavy atom. The van der Waals surface area contributed by atoms with E-state index in [1.807, 2.05) is 31.2 Å². The van der Waals surface area contributed by atoms with Crippen LogP contribution in [0.1, 0.15) is 40.6 Å². The number of hydrogen-bond donors (Lipinski definition) is 2. The van der Waals surface area contributed by atoms with Crippen molar-refractivity contribution < 1.29 is 9.18 Å². The largest absolute Gasteiger partial charge is 0.350 e. The lowest BCUT2D eigenvalue weighted by Crippen LogP contribution is -2.36. The third-order valence-electron chi connectivity index (χ3n) is 5.15. The van der Waals surface area contributed by atoms with Gasteiger partial charge in [0.25, 0.3) is 5.91 Å². The highest BCUT2D eigenvalue weighted by molar-refractivity contribution is 5.97. The number of hydrogen-bond acceptors (Lipinski definition) is 3. The van der Waals surface area contributed by atoms with Crippen LogP contribution in [0, 0.1) is 12.7 Å². The second kappa shape index (κ2) is 7.48. The van der Waals surface area contributed by atoms with Gasteiger partial charge in [0.1, 0.15) is 11.6 Å². The van der Waals surface area contributed by atoms with Crippen molar-refractivity contribution >= 4 is 16.9 Å². The highest BCUT2D eigenvalue weighted by Gasteiger charge is 2.24. The summed E-state index contributed by atoms with van der Waals surface area (Å²) in [6, 6.07) is 12.1. The minimum Gasteiger partial charge on any atom is -0.350 e. The molecular formula is C21H23FN4O. The molecular weight excluding hydrogens is 343 g/mol. The monoisotopic (exact) mass is 366 g/mol. The van der Waals surface area contributed by atoms with Crippen LogP contribution < -0.4 is 5.32 Å². The van der Waals surface area contributed by atoms with Crippen LogP contribution in [0.5, 0.6) is 0 Å². The number of aromatic nitrogens is 2. The molecule has 2 aromatic carbocycles. The quantitative estimate of drug-likeness (QED) is 0.726. The summed E-state index contributed by atoms with van der Waals surface area (Å²) in [7, 11) is 0. The molecule has 0 bridgehead atoms. The molecule has 4 rings (SSSR count). The van der Waals surface area contributed by atoms with Crippen molar-refractivity contribution in [1.82, 2.24) is 20.2 Å². The van der Waals surface area contributed by atoms with E-state index in [-0.39, 0.29) is 17.8 Å². The van der Waals surface area contributed by atoms with Gasteiger partial charge in [0.05, 0.1) is 17.1 Å². The zero-order chi connectivity index (χ0) is 18.8. The molecule has 1 unspecified atom stereocenters. The van der Waals surface area contributed by atoms with E-state index in [0.29, 0.717) is 12.1 Å². The van der Waals surface area contributed by atoms with E-state index >= 15 is 0 Å². The van der Waals surface area contributed by atoms with Gasteiger partial charge in [0.2, 0.25) is 0 Å². The van der Waals surface area contributed by atoms with E-state index in [9.17, 15) is 9.18 Å². The summed E-state index contributed by atoms with van der Waals surface area (Å²) < 4.78 is 13.3. The number of aryl methyl sites for hydroxylation is 1. The molecule has 3 aromatic rings. The van der Waals surface area contributed by atoms with Crippen molar-refractivity contribution in [3.63, 3.8) is 0 Å². The van der Waals surface area contributed by atoms with Crippen molar-refractivity contribution in [3.05, 3.63) is 65.2 Å². The van der Waals surface area contributed by atoms with Crippen LogP contribution in [0.3, 0.4) is 0 Å². The average molecular weight is 366 g/mol. The Hall–Kier alpha value is -2.73. The third kappa shape index (κ3) is 3.85. The molecule has 2 heterocycles. The van der Waals surface area contributed by atoms with Gasteiger partial charge in [0, 0.05) is 12.1 Å². The molecule has 140 valence electrons. The summed E-state index contributed by atoms with van der Waals surface area (Å²) in [4.78, 5) is 22.6. The van der Waals surface area contributed by atoms with Gasteiger partial charge in [0.15, 0.2) is 0 Å². The van der Waals surface area contributed by atoms with Gasteiger partial charge in [-0.25, -0.2) is 9.37 Å². The van der Waals surface area contributed by atoms with Crippen LogP contribution in [-0.2, 0) is 0 Å². The van der Waals surface area contributed by atoms with Crippen LogP contribution >= 0.6 is 0 Å². The number of nitrogens with one attached hydrogen (secondary N) is 2. The highest BCUT2D eigenvalue weighted by Crippen LogP contribution is 2.25. The van der Waals surface area contributed by atoms with Crippen LogP contribution in [0.25, 0.3) is 11.0 Å². The molecule has 1 atom stereocenters. The number of nitrogens with zero attached hydrogens (tertiary/aromatic N) is 2. The molecule has 0 radical (unpaired) electrons. The van der Waals surface area contributed by atoms with E-state index in [1.54, 1.807) is 6.07 Å². The minimum atomic E-state index is -0.244. The molecule has 1 aliphatic heterocycles.